The second kappa shape index (κ2) is 5.56. The van der Waals surface area contributed by atoms with Crippen LogP contribution in [-0.2, 0) is 0 Å². The Morgan fingerprint density at radius 2 is 2.11 bits per heavy atom. The summed E-state index contributed by atoms with van der Waals surface area (Å²) in [5.74, 6) is 4.67. The van der Waals surface area contributed by atoms with Gasteiger partial charge in [0.05, 0.1) is 0 Å². The first-order chi connectivity index (χ1) is 4.31. The fraction of sp³-hybridized carbons (Fsp3) is 1.00. The lowest BCUT2D eigenvalue weighted by Gasteiger charge is -1.93. The topological polar surface area (TPSA) is 75.5 Å². The van der Waals surface area contributed by atoms with Gasteiger partial charge in [0.2, 0.25) is 0 Å². The second-order valence-corrected chi connectivity index (χ2v) is 3.48. The van der Waals surface area contributed by atoms with Crippen LogP contribution < -0.4 is 5.84 Å². The molecule has 0 aliphatic rings. The third-order valence-electron chi connectivity index (χ3n) is 0.742. The van der Waals surface area contributed by atoms with Crippen LogP contribution in [-0.4, -0.2) is 12.8 Å². The molecule has 0 radical (unpaired) electrons. The standard InChI is InChI=1S/C3H10N5P/c1-3-9(2)8-7-6-5-4/h3H2,1-2H3,(H2,4,6,8). The van der Waals surface area contributed by atoms with Crippen molar-refractivity contribution < 1.29 is 0 Å². The first kappa shape index (κ1) is 8.43. The van der Waals surface area contributed by atoms with E-state index in [2.05, 4.69) is 26.4 Å². The highest BCUT2D eigenvalue weighted by Crippen LogP contribution is 2.31. The van der Waals surface area contributed by atoms with Gasteiger partial charge in [-0.05, 0) is 23.3 Å². The van der Waals surface area contributed by atoms with Crippen molar-refractivity contribution in [3.8, 4) is 0 Å². The first-order valence-electron chi connectivity index (χ1n) is 2.53. The predicted octanol–water partition coefficient (Wildman–Crippen LogP) is 1.73. The van der Waals surface area contributed by atoms with E-state index in [1.54, 1.807) is 0 Å². The van der Waals surface area contributed by atoms with Gasteiger partial charge in [0.25, 0.3) is 0 Å². The molecule has 52 valence electrons. The SMILES string of the molecule is CCP(C)N=NN=NN. The van der Waals surface area contributed by atoms with Crippen LogP contribution in [0.3, 0.4) is 0 Å². The molecule has 0 saturated carbocycles. The van der Waals surface area contributed by atoms with Crippen LogP contribution >= 0.6 is 8.07 Å². The molecule has 0 aliphatic heterocycles. The molecule has 0 fully saturated rings. The molecule has 6 heteroatoms. The van der Waals surface area contributed by atoms with Crippen LogP contribution in [0.5, 0.6) is 0 Å². The summed E-state index contributed by atoms with van der Waals surface area (Å²) in [5.41, 5.74) is 0. The lowest BCUT2D eigenvalue weighted by atomic mass is 11.0. The Hall–Kier alpha value is -0.570. The molecule has 1 unspecified atom stereocenters. The molecule has 9 heavy (non-hydrogen) atoms. The molecule has 0 amide bonds. The summed E-state index contributed by atoms with van der Waals surface area (Å²) in [5, 5.41) is 9.40. The minimum atomic E-state index is -0.341. The largest absolute Gasteiger partial charge is 0.303 e. The van der Waals surface area contributed by atoms with E-state index in [1.165, 1.54) is 0 Å². The highest BCUT2D eigenvalue weighted by Gasteiger charge is 1.89. The maximum absolute atomic E-state index is 4.67. The van der Waals surface area contributed by atoms with Crippen molar-refractivity contribution >= 4 is 8.07 Å². The summed E-state index contributed by atoms with van der Waals surface area (Å²) in [7, 11) is -0.341. The fourth-order valence-corrected chi connectivity index (χ4v) is 0.471. The fourth-order valence-electron chi connectivity index (χ4n) is 0.173. The summed E-state index contributed by atoms with van der Waals surface area (Å²) in [6.07, 6.45) is 1.01. The Bertz CT molecular complexity index is 111. The molecule has 1 atom stereocenters. The van der Waals surface area contributed by atoms with Gasteiger partial charge in [0, 0.05) is 8.07 Å². The van der Waals surface area contributed by atoms with Crippen molar-refractivity contribution in [2.75, 3.05) is 12.8 Å². The summed E-state index contributed by atoms with van der Waals surface area (Å²) in [4.78, 5) is 3.78. The van der Waals surface area contributed by atoms with Crippen LogP contribution in [0.15, 0.2) is 20.6 Å². The molecule has 0 rings (SSSR count). The van der Waals surface area contributed by atoms with Gasteiger partial charge < -0.3 is 5.84 Å². The normalized spacial score (nSPS) is 15.3. The number of nitrogens with two attached hydrogens (primary N) is 1. The first-order valence-corrected chi connectivity index (χ1v) is 4.46. The molecule has 0 aromatic rings. The Labute approximate surface area is 55.2 Å². The average Bonchev–Trinajstić information content (AvgIpc) is 1.89. The van der Waals surface area contributed by atoms with Gasteiger partial charge >= 0.3 is 0 Å². The Kier molecular flexibility index (Phi) is 5.21. The lowest BCUT2D eigenvalue weighted by molar-refractivity contribution is 0.909. The maximum atomic E-state index is 4.67. The minimum Gasteiger partial charge on any atom is -0.303 e. The monoisotopic (exact) mass is 147 g/mol. The molecular formula is C3H10N5P. The van der Waals surface area contributed by atoms with Gasteiger partial charge in [-0.3, -0.25) is 0 Å². The maximum Gasteiger partial charge on any atom is 0.0391 e. The Morgan fingerprint density at radius 3 is 2.56 bits per heavy atom. The van der Waals surface area contributed by atoms with Crippen LogP contribution in [0.4, 0.5) is 0 Å². The second-order valence-electron chi connectivity index (χ2n) is 1.36. The van der Waals surface area contributed by atoms with Crippen LogP contribution in [0.1, 0.15) is 6.92 Å². The molecule has 0 heterocycles. The van der Waals surface area contributed by atoms with Crippen molar-refractivity contribution in [3.63, 3.8) is 0 Å². The van der Waals surface area contributed by atoms with E-state index >= 15 is 0 Å². The van der Waals surface area contributed by atoms with Crippen LogP contribution in [0.2, 0.25) is 0 Å². The van der Waals surface area contributed by atoms with Gasteiger partial charge in [-0.25, -0.2) is 0 Å². The predicted molar refractivity (Wildman–Crippen MR) is 37.3 cm³/mol. The molecule has 2 N–H and O–H groups in total. The molecule has 0 aromatic carbocycles. The molecule has 0 aliphatic carbocycles. The quantitative estimate of drug-likeness (QED) is 0.280. The zero-order chi connectivity index (χ0) is 7.11. The molecule has 0 bridgehead atoms. The Morgan fingerprint density at radius 1 is 1.44 bits per heavy atom. The van der Waals surface area contributed by atoms with Crippen molar-refractivity contribution in [1.29, 1.82) is 0 Å². The molecule has 5 nitrogen and oxygen atoms in total. The van der Waals surface area contributed by atoms with Gasteiger partial charge in [-0.1, -0.05) is 12.1 Å². The van der Waals surface area contributed by atoms with Gasteiger partial charge in [-0.2, -0.15) is 0 Å². The lowest BCUT2D eigenvalue weighted by Crippen LogP contribution is -1.71. The van der Waals surface area contributed by atoms with Crippen molar-refractivity contribution in [3.05, 3.63) is 0 Å². The van der Waals surface area contributed by atoms with Crippen molar-refractivity contribution in [2.24, 2.45) is 26.4 Å². The van der Waals surface area contributed by atoms with Crippen LogP contribution in [0, 0.1) is 0 Å². The summed E-state index contributed by atoms with van der Waals surface area (Å²) < 4.78 is 0. The zero-order valence-corrected chi connectivity index (χ0v) is 6.41. The number of nitrogens with zero attached hydrogens (tertiary/aromatic N) is 4. The van der Waals surface area contributed by atoms with E-state index in [0.29, 0.717) is 0 Å². The third-order valence-corrected chi connectivity index (χ3v) is 2.04. The van der Waals surface area contributed by atoms with Crippen molar-refractivity contribution in [1.82, 2.24) is 0 Å². The molecule has 0 aromatic heterocycles. The van der Waals surface area contributed by atoms with Gasteiger partial charge in [0.1, 0.15) is 0 Å². The average molecular weight is 147 g/mol. The highest BCUT2D eigenvalue weighted by molar-refractivity contribution is 7.55. The number of hydrogen-bond donors (Lipinski definition) is 1. The molecule has 0 saturated heterocycles. The minimum absolute atomic E-state index is 0.341. The zero-order valence-electron chi connectivity index (χ0n) is 5.52. The number of rotatable bonds is 3. The van der Waals surface area contributed by atoms with Crippen molar-refractivity contribution in [2.45, 2.75) is 6.92 Å². The van der Waals surface area contributed by atoms with E-state index < -0.39 is 0 Å². The van der Waals surface area contributed by atoms with E-state index in [-0.39, 0.29) is 8.07 Å². The smallest absolute Gasteiger partial charge is 0.0391 e. The van der Waals surface area contributed by atoms with Gasteiger partial charge in [0.15, 0.2) is 0 Å². The Balaban J connectivity index is 3.43. The van der Waals surface area contributed by atoms with Crippen LogP contribution in [0.25, 0.3) is 0 Å². The van der Waals surface area contributed by atoms with E-state index in [4.69, 9.17) is 0 Å². The van der Waals surface area contributed by atoms with E-state index in [0.717, 1.165) is 6.16 Å². The highest BCUT2D eigenvalue weighted by atomic mass is 31.1. The summed E-state index contributed by atoms with van der Waals surface area (Å²) >= 11 is 0. The summed E-state index contributed by atoms with van der Waals surface area (Å²) in [6.45, 7) is 4.05. The van der Waals surface area contributed by atoms with E-state index in [1.807, 2.05) is 13.6 Å². The molecular weight excluding hydrogens is 137 g/mol. The third kappa shape index (κ3) is 5.30. The van der Waals surface area contributed by atoms with E-state index in [9.17, 15) is 0 Å². The number of hydrogen-bond acceptors (Lipinski definition) is 2. The molecule has 0 spiro atoms. The van der Waals surface area contributed by atoms with Gasteiger partial charge in [-0.15, -0.1) is 4.88 Å². The summed E-state index contributed by atoms with van der Waals surface area (Å²) in [6, 6.07) is 0.